The minimum atomic E-state index is -0.311. The summed E-state index contributed by atoms with van der Waals surface area (Å²) in [5, 5.41) is 0. The van der Waals surface area contributed by atoms with Gasteiger partial charge in [-0.3, -0.25) is 0 Å². The highest BCUT2D eigenvalue weighted by Crippen LogP contribution is 2.23. The lowest BCUT2D eigenvalue weighted by molar-refractivity contribution is -0.00246. The SMILES string of the molecule is CCCCCCCCCCCC(Oc1ccc(C=C2C=CC=C2)cc1)Oc1ccc(C=C2C=CC=C2)cc1. The summed E-state index contributed by atoms with van der Waals surface area (Å²) in [5.74, 6) is 1.68. The zero-order valence-corrected chi connectivity index (χ0v) is 22.9. The van der Waals surface area contributed by atoms with Crippen molar-refractivity contribution in [2.24, 2.45) is 0 Å². The van der Waals surface area contributed by atoms with E-state index in [1.54, 1.807) is 0 Å². The summed E-state index contributed by atoms with van der Waals surface area (Å²) in [5.41, 5.74) is 4.75. The molecule has 0 radical (unpaired) electrons. The molecule has 2 aromatic carbocycles. The lowest BCUT2D eigenvalue weighted by atomic mass is 10.1. The molecule has 0 saturated carbocycles. The topological polar surface area (TPSA) is 18.5 Å². The molecule has 2 aromatic rings. The quantitative estimate of drug-likeness (QED) is 0.166. The van der Waals surface area contributed by atoms with Gasteiger partial charge in [-0.15, -0.1) is 0 Å². The standard InChI is InChI=1S/C36H42O2/c1-2-3-4-5-6-7-8-9-10-19-36(37-34-24-20-32(21-25-34)28-30-15-11-12-16-30)38-35-26-22-33(23-27-35)29-31-17-13-14-18-31/h11-18,20-29,36H,2-10,19H2,1H3. The number of unbranched alkanes of at least 4 members (excludes halogenated alkanes) is 8. The predicted octanol–water partition coefficient (Wildman–Crippen LogP) is 10.4. The fourth-order valence-electron chi connectivity index (χ4n) is 4.71. The van der Waals surface area contributed by atoms with E-state index in [-0.39, 0.29) is 6.29 Å². The molecule has 0 N–H and O–H groups in total. The summed E-state index contributed by atoms with van der Waals surface area (Å²) in [7, 11) is 0. The lowest BCUT2D eigenvalue weighted by Crippen LogP contribution is -2.24. The third-order valence-electron chi connectivity index (χ3n) is 6.88. The number of benzene rings is 2. The van der Waals surface area contributed by atoms with Gasteiger partial charge in [0, 0.05) is 6.42 Å². The molecule has 0 fully saturated rings. The van der Waals surface area contributed by atoms with Gasteiger partial charge in [0.25, 0.3) is 0 Å². The normalized spacial score (nSPS) is 13.6. The van der Waals surface area contributed by atoms with Crippen LogP contribution in [0.2, 0.25) is 0 Å². The van der Waals surface area contributed by atoms with Crippen LogP contribution in [-0.2, 0) is 0 Å². The van der Waals surface area contributed by atoms with E-state index in [1.807, 2.05) is 24.3 Å². The van der Waals surface area contributed by atoms with Gasteiger partial charge in [0.05, 0.1) is 0 Å². The van der Waals surface area contributed by atoms with Crippen molar-refractivity contribution in [3.63, 3.8) is 0 Å². The molecule has 0 aliphatic heterocycles. The Bertz CT molecular complexity index is 1050. The van der Waals surface area contributed by atoms with Crippen molar-refractivity contribution >= 4 is 12.2 Å². The van der Waals surface area contributed by atoms with Crippen LogP contribution in [0.5, 0.6) is 11.5 Å². The predicted molar refractivity (Wildman–Crippen MR) is 162 cm³/mol. The van der Waals surface area contributed by atoms with Gasteiger partial charge in [0.15, 0.2) is 0 Å². The molecule has 38 heavy (non-hydrogen) atoms. The van der Waals surface area contributed by atoms with Crippen LogP contribution in [-0.4, -0.2) is 6.29 Å². The van der Waals surface area contributed by atoms with E-state index in [0.29, 0.717) is 0 Å². The van der Waals surface area contributed by atoms with Crippen molar-refractivity contribution in [1.29, 1.82) is 0 Å². The van der Waals surface area contributed by atoms with Crippen LogP contribution in [0.1, 0.15) is 82.3 Å². The molecular formula is C36H42O2. The van der Waals surface area contributed by atoms with E-state index < -0.39 is 0 Å². The Hall–Kier alpha value is -3.52. The third kappa shape index (κ3) is 9.74. The highest BCUT2D eigenvalue weighted by Gasteiger charge is 2.13. The monoisotopic (exact) mass is 506 g/mol. The maximum atomic E-state index is 6.35. The summed E-state index contributed by atoms with van der Waals surface area (Å²) < 4.78 is 12.7. The van der Waals surface area contributed by atoms with Crippen molar-refractivity contribution in [2.45, 2.75) is 77.4 Å². The van der Waals surface area contributed by atoms with Gasteiger partial charge in [0.2, 0.25) is 6.29 Å². The molecule has 0 bridgehead atoms. The van der Waals surface area contributed by atoms with Crippen LogP contribution in [0.15, 0.2) is 108 Å². The Morgan fingerprint density at radius 2 is 0.921 bits per heavy atom. The summed E-state index contributed by atoms with van der Waals surface area (Å²) in [4.78, 5) is 0. The fraction of sp³-hybridized carbons (Fsp3) is 0.333. The fourth-order valence-corrected chi connectivity index (χ4v) is 4.71. The zero-order valence-electron chi connectivity index (χ0n) is 22.9. The van der Waals surface area contributed by atoms with Gasteiger partial charge in [0.1, 0.15) is 11.5 Å². The first-order valence-corrected chi connectivity index (χ1v) is 14.4. The molecule has 2 aliphatic rings. The van der Waals surface area contributed by atoms with Crippen LogP contribution >= 0.6 is 0 Å². The molecule has 0 saturated heterocycles. The summed E-state index contributed by atoms with van der Waals surface area (Å²) in [6.45, 7) is 2.27. The van der Waals surface area contributed by atoms with E-state index in [9.17, 15) is 0 Å². The number of allylic oxidation sites excluding steroid dienone is 10. The first-order chi connectivity index (χ1) is 18.8. The first kappa shape index (κ1) is 27.5. The first-order valence-electron chi connectivity index (χ1n) is 14.4. The second-order valence-corrected chi connectivity index (χ2v) is 10.1. The molecule has 198 valence electrons. The molecule has 2 heteroatoms. The third-order valence-corrected chi connectivity index (χ3v) is 6.88. The van der Waals surface area contributed by atoms with Crippen LogP contribution in [0.25, 0.3) is 12.2 Å². The van der Waals surface area contributed by atoms with E-state index in [1.165, 1.54) is 62.5 Å². The largest absolute Gasteiger partial charge is 0.455 e. The van der Waals surface area contributed by atoms with Crippen LogP contribution in [0, 0.1) is 0 Å². The Balaban J connectivity index is 1.31. The molecule has 0 aromatic heterocycles. The smallest absolute Gasteiger partial charge is 0.241 e. The molecule has 0 amide bonds. The number of rotatable bonds is 16. The van der Waals surface area contributed by atoms with Crippen molar-refractivity contribution in [2.75, 3.05) is 0 Å². The number of hydrogen-bond acceptors (Lipinski definition) is 2. The summed E-state index contributed by atoms with van der Waals surface area (Å²) >= 11 is 0. The Morgan fingerprint density at radius 3 is 1.34 bits per heavy atom. The molecule has 0 atom stereocenters. The van der Waals surface area contributed by atoms with Crippen molar-refractivity contribution in [1.82, 2.24) is 0 Å². The maximum absolute atomic E-state index is 6.35. The summed E-state index contributed by atoms with van der Waals surface area (Å²) in [6.07, 6.45) is 33.3. The highest BCUT2D eigenvalue weighted by atomic mass is 16.7. The van der Waals surface area contributed by atoms with Crippen LogP contribution < -0.4 is 9.47 Å². The average Bonchev–Trinajstić information content (AvgIpc) is 3.65. The van der Waals surface area contributed by atoms with Gasteiger partial charge in [-0.05, 0) is 65.1 Å². The van der Waals surface area contributed by atoms with Gasteiger partial charge in [-0.25, -0.2) is 0 Å². The van der Waals surface area contributed by atoms with Gasteiger partial charge >= 0.3 is 0 Å². The van der Waals surface area contributed by atoms with Crippen LogP contribution in [0.3, 0.4) is 0 Å². The molecule has 0 spiro atoms. The van der Waals surface area contributed by atoms with Gasteiger partial charge < -0.3 is 9.47 Å². The summed E-state index contributed by atoms with van der Waals surface area (Å²) in [6, 6.07) is 16.6. The van der Waals surface area contributed by atoms with Crippen molar-refractivity contribution < 1.29 is 9.47 Å². The Labute approximate surface area is 229 Å². The average molecular weight is 507 g/mol. The van der Waals surface area contributed by atoms with Gasteiger partial charge in [-0.2, -0.15) is 0 Å². The van der Waals surface area contributed by atoms with Crippen LogP contribution in [0.4, 0.5) is 0 Å². The van der Waals surface area contributed by atoms with E-state index in [4.69, 9.17) is 9.47 Å². The van der Waals surface area contributed by atoms with Crippen molar-refractivity contribution in [3.05, 3.63) is 119 Å². The zero-order chi connectivity index (χ0) is 26.3. The van der Waals surface area contributed by atoms with E-state index in [0.717, 1.165) is 35.5 Å². The van der Waals surface area contributed by atoms with E-state index >= 15 is 0 Å². The second kappa shape index (κ2) is 15.7. The minimum Gasteiger partial charge on any atom is -0.455 e. The molecule has 2 aliphatic carbocycles. The van der Waals surface area contributed by atoms with Crippen molar-refractivity contribution in [3.8, 4) is 11.5 Å². The van der Waals surface area contributed by atoms with E-state index in [2.05, 4.69) is 91.9 Å². The number of hydrogen-bond donors (Lipinski definition) is 0. The molecule has 0 unspecified atom stereocenters. The lowest BCUT2D eigenvalue weighted by Gasteiger charge is -2.21. The molecule has 2 nitrogen and oxygen atoms in total. The Kier molecular flexibility index (Phi) is 11.3. The second-order valence-electron chi connectivity index (χ2n) is 10.1. The molecule has 4 rings (SSSR count). The number of ether oxygens (including phenoxy) is 2. The Morgan fingerprint density at radius 1 is 0.526 bits per heavy atom. The minimum absolute atomic E-state index is 0.311. The highest BCUT2D eigenvalue weighted by molar-refractivity contribution is 5.63. The molecular weight excluding hydrogens is 464 g/mol. The van der Waals surface area contributed by atoms with Gasteiger partial charge in [-0.1, -0.05) is 131 Å². The maximum Gasteiger partial charge on any atom is 0.241 e. The molecule has 0 heterocycles.